The first-order chi connectivity index (χ1) is 13.5. The van der Waals surface area contributed by atoms with Crippen molar-refractivity contribution in [2.45, 2.75) is 20.1 Å². The number of furan rings is 1. The maximum absolute atomic E-state index is 13.0. The minimum Gasteiger partial charge on any atom is -0.451 e. The molecule has 0 atom stereocenters. The van der Waals surface area contributed by atoms with Crippen molar-refractivity contribution in [3.05, 3.63) is 71.0 Å². The van der Waals surface area contributed by atoms with Crippen LogP contribution in [0.25, 0.3) is 11.0 Å². The maximum atomic E-state index is 13.0. The lowest BCUT2D eigenvalue weighted by atomic mass is 10.1. The van der Waals surface area contributed by atoms with Crippen LogP contribution < -0.4 is 5.32 Å². The molecule has 1 N–H and O–H groups in total. The molecule has 6 heteroatoms. The first-order valence-corrected chi connectivity index (χ1v) is 9.19. The van der Waals surface area contributed by atoms with Crippen LogP contribution in [0.2, 0.25) is 0 Å². The molecule has 1 heterocycles. The van der Waals surface area contributed by atoms with E-state index in [1.807, 2.05) is 43.3 Å². The Hall–Kier alpha value is -3.12. The van der Waals surface area contributed by atoms with Gasteiger partial charge in [0.2, 0.25) is 0 Å². The zero-order chi connectivity index (χ0) is 20.1. The molecule has 2 amide bonds. The van der Waals surface area contributed by atoms with Gasteiger partial charge in [-0.1, -0.05) is 30.3 Å². The van der Waals surface area contributed by atoms with Crippen molar-refractivity contribution in [2.75, 3.05) is 20.7 Å². The van der Waals surface area contributed by atoms with E-state index in [0.717, 1.165) is 16.5 Å². The Morgan fingerprint density at radius 3 is 2.50 bits per heavy atom. The summed E-state index contributed by atoms with van der Waals surface area (Å²) in [5.41, 5.74) is 2.94. The Kier molecular flexibility index (Phi) is 6.11. The highest BCUT2D eigenvalue weighted by Gasteiger charge is 2.23. The third-order valence-corrected chi connectivity index (χ3v) is 4.55. The van der Waals surface area contributed by atoms with Crippen molar-refractivity contribution >= 4 is 22.8 Å². The van der Waals surface area contributed by atoms with Crippen molar-refractivity contribution in [3.8, 4) is 0 Å². The van der Waals surface area contributed by atoms with Crippen molar-refractivity contribution in [2.24, 2.45) is 0 Å². The number of rotatable bonds is 7. The Morgan fingerprint density at radius 1 is 1.11 bits per heavy atom. The normalized spacial score (nSPS) is 10.8. The van der Waals surface area contributed by atoms with E-state index in [2.05, 4.69) is 5.32 Å². The number of para-hydroxylation sites is 1. The summed E-state index contributed by atoms with van der Waals surface area (Å²) in [6.07, 6.45) is 0. The van der Waals surface area contributed by atoms with Crippen molar-refractivity contribution in [1.82, 2.24) is 10.2 Å². The Labute approximate surface area is 164 Å². The van der Waals surface area contributed by atoms with Crippen LogP contribution in [0, 0.1) is 0 Å². The van der Waals surface area contributed by atoms with E-state index in [-0.39, 0.29) is 11.8 Å². The summed E-state index contributed by atoms with van der Waals surface area (Å²) < 4.78 is 11.4. The van der Waals surface area contributed by atoms with Crippen molar-refractivity contribution in [3.63, 3.8) is 0 Å². The van der Waals surface area contributed by atoms with Crippen LogP contribution in [0.3, 0.4) is 0 Å². The first kappa shape index (κ1) is 19.6. The van der Waals surface area contributed by atoms with Gasteiger partial charge in [-0.15, -0.1) is 0 Å². The Morgan fingerprint density at radius 2 is 1.82 bits per heavy atom. The number of benzene rings is 2. The molecule has 28 heavy (non-hydrogen) atoms. The second-order valence-corrected chi connectivity index (χ2v) is 6.48. The molecule has 0 aliphatic carbocycles. The number of carbonyl (C=O) groups is 2. The first-order valence-electron chi connectivity index (χ1n) is 9.19. The molecule has 0 radical (unpaired) electrons. The molecule has 6 nitrogen and oxygen atoms in total. The van der Waals surface area contributed by atoms with Crippen LogP contribution >= 0.6 is 0 Å². The average molecular weight is 380 g/mol. The molecule has 0 saturated heterocycles. The van der Waals surface area contributed by atoms with Gasteiger partial charge in [-0.05, 0) is 30.7 Å². The maximum Gasteiger partial charge on any atom is 0.290 e. The average Bonchev–Trinajstić information content (AvgIpc) is 3.10. The molecule has 0 saturated carbocycles. The fraction of sp³-hybridized carbons (Fsp3) is 0.273. The van der Waals surface area contributed by atoms with Crippen LogP contribution in [-0.4, -0.2) is 37.4 Å². The number of amides is 2. The summed E-state index contributed by atoms with van der Waals surface area (Å²) in [6.45, 7) is 3.19. The molecule has 3 rings (SSSR count). The largest absolute Gasteiger partial charge is 0.451 e. The number of hydrogen-bond acceptors (Lipinski definition) is 4. The molecule has 3 aromatic rings. The number of carbonyl (C=O) groups excluding carboxylic acids is 2. The van der Waals surface area contributed by atoms with E-state index in [1.54, 1.807) is 31.1 Å². The molecule has 0 spiro atoms. The van der Waals surface area contributed by atoms with Gasteiger partial charge in [0.1, 0.15) is 5.58 Å². The Bertz CT molecular complexity index is 976. The van der Waals surface area contributed by atoms with Gasteiger partial charge in [-0.25, -0.2) is 0 Å². The molecule has 0 fully saturated rings. The van der Waals surface area contributed by atoms with Gasteiger partial charge in [0, 0.05) is 43.8 Å². The van der Waals surface area contributed by atoms with Crippen molar-refractivity contribution in [1.29, 1.82) is 0 Å². The van der Waals surface area contributed by atoms with Gasteiger partial charge >= 0.3 is 0 Å². The monoisotopic (exact) mass is 380 g/mol. The lowest BCUT2D eigenvalue weighted by molar-refractivity contribution is 0.0744. The van der Waals surface area contributed by atoms with Gasteiger partial charge in [0.25, 0.3) is 11.8 Å². The van der Waals surface area contributed by atoms with Gasteiger partial charge in [0.05, 0.1) is 6.61 Å². The summed E-state index contributed by atoms with van der Waals surface area (Å²) in [6, 6.07) is 14.7. The fourth-order valence-electron chi connectivity index (χ4n) is 3.04. The van der Waals surface area contributed by atoms with E-state index < -0.39 is 0 Å². The minimum absolute atomic E-state index is 0.140. The number of nitrogens with zero attached hydrogens (tertiary/aromatic N) is 1. The van der Waals surface area contributed by atoms with Gasteiger partial charge in [0.15, 0.2) is 5.76 Å². The number of fused-ring (bicyclic) bond motifs is 1. The smallest absolute Gasteiger partial charge is 0.290 e. The highest BCUT2D eigenvalue weighted by atomic mass is 16.5. The van der Waals surface area contributed by atoms with E-state index in [4.69, 9.17) is 9.15 Å². The van der Waals surface area contributed by atoms with Crippen LogP contribution in [0.4, 0.5) is 0 Å². The molecule has 1 aromatic heterocycles. The topological polar surface area (TPSA) is 71.8 Å². The third-order valence-electron chi connectivity index (χ3n) is 4.55. The number of nitrogens with one attached hydrogen (secondary N) is 1. The van der Waals surface area contributed by atoms with Gasteiger partial charge < -0.3 is 19.4 Å². The predicted octanol–water partition coefficient (Wildman–Crippen LogP) is 3.60. The standard InChI is InChI=1S/C22H24N2O4/c1-4-27-14-18-17-7-5-6-8-19(17)28-20(18)22(26)24(3)13-15-9-11-16(12-10-15)21(25)23-2/h5-12H,4,13-14H2,1-3H3,(H,23,25). The third kappa shape index (κ3) is 4.07. The molecule has 0 bridgehead atoms. The summed E-state index contributed by atoms with van der Waals surface area (Å²) >= 11 is 0. The minimum atomic E-state index is -0.207. The van der Waals surface area contributed by atoms with E-state index in [1.165, 1.54) is 0 Å². The lowest BCUT2D eigenvalue weighted by Gasteiger charge is -2.17. The van der Waals surface area contributed by atoms with Crippen LogP contribution in [0.5, 0.6) is 0 Å². The fourth-order valence-corrected chi connectivity index (χ4v) is 3.04. The van der Waals surface area contributed by atoms with E-state index >= 15 is 0 Å². The second kappa shape index (κ2) is 8.71. The quantitative estimate of drug-likeness (QED) is 0.680. The van der Waals surface area contributed by atoms with E-state index in [9.17, 15) is 9.59 Å². The summed E-state index contributed by atoms with van der Waals surface area (Å²) in [5, 5.41) is 3.48. The summed E-state index contributed by atoms with van der Waals surface area (Å²) in [7, 11) is 3.32. The SMILES string of the molecule is CCOCc1c(C(=O)N(C)Cc2ccc(C(=O)NC)cc2)oc2ccccc12. The van der Waals surface area contributed by atoms with Gasteiger partial charge in [-0.3, -0.25) is 9.59 Å². The number of ether oxygens (including phenoxy) is 1. The second-order valence-electron chi connectivity index (χ2n) is 6.48. The molecule has 0 aliphatic heterocycles. The zero-order valence-corrected chi connectivity index (χ0v) is 16.3. The zero-order valence-electron chi connectivity index (χ0n) is 16.3. The lowest BCUT2D eigenvalue weighted by Crippen LogP contribution is -2.26. The highest BCUT2D eigenvalue weighted by molar-refractivity contribution is 5.99. The highest BCUT2D eigenvalue weighted by Crippen LogP contribution is 2.28. The summed E-state index contributed by atoms with van der Waals surface area (Å²) in [5.74, 6) is -0.0424. The molecule has 2 aromatic carbocycles. The van der Waals surface area contributed by atoms with Crippen molar-refractivity contribution < 1.29 is 18.7 Å². The molecule has 0 aliphatic rings. The van der Waals surface area contributed by atoms with Crippen LogP contribution in [0.15, 0.2) is 52.9 Å². The van der Waals surface area contributed by atoms with Crippen LogP contribution in [0.1, 0.15) is 39.0 Å². The van der Waals surface area contributed by atoms with Crippen LogP contribution in [-0.2, 0) is 17.9 Å². The molecule has 0 unspecified atom stereocenters. The van der Waals surface area contributed by atoms with E-state index in [0.29, 0.717) is 36.7 Å². The number of hydrogen-bond donors (Lipinski definition) is 1. The molecular formula is C22H24N2O4. The molecular weight excluding hydrogens is 356 g/mol. The molecule has 146 valence electrons. The van der Waals surface area contributed by atoms with Gasteiger partial charge in [-0.2, -0.15) is 0 Å². The Balaban J connectivity index is 1.82. The summed E-state index contributed by atoms with van der Waals surface area (Å²) in [4.78, 5) is 26.3. The predicted molar refractivity (Wildman–Crippen MR) is 107 cm³/mol.